The first-order valence-electron chi connectivity index (χ1n) is 5.27. The summed E-state index contributed by atoms with van der Waals surface area (Å²) in [4.78, 5) is 11.5. The number of rotatable bonds is 2. The van der Waals surface area contributed by atoms with E-state index in [9.17, 15) is 0 Å². The molecule has 0 bridgehead atoms. The first-order valence-corrected chi connectivity index (χ1v) is 6.96. The molecule has 84 valence electrons. The van der Waals surface area contributed by atoms with Crippen molar-refractivity contribution in [3.63, 3.8) is 0 Å². The fourth-order valence-electron chi connectivity index (χ4n) is 1.57. The third kappa shape index (κ3) is 2.14. The molecule has 0 saturated heterocycles. The molecule has 0 atom stereocenters. The topological polar surface area (TPSA) is 25.8 Å². The van der Waals surface area contributed by atoms with E-state index in [0.717, 1.165) is 16.4 Å². The van der Waals surface area contributed by atoms with E-state index in [1.54, 1.807) is 28.9 Å². The highest BCUT2D eigenvalue weighted by Gasteiger charge is 2.08. The van der Waals surface area contributed by atoms with Gasteiger partial charge in [0.1, 0.15) is 5.01 Å². The van der Waals surface area contributed by atoms with Crippen molar-refractivity contribution in [3.05, 3.63) is 46.8 Å². The summed E-state index contributed by atoms with van der Waals surface area (Å²) in [5.74, 6) is 0. The number of pyridine rings is 1. The molecule has 3 rings (SSSR count). The second-order valence-corrected chi connectivity index (χ2v) is 5.81. The first-order chi connectivity index (χ1) is 8.33. The van der Waals surface area contributed by atoms with Crippen LogP contribution in [0.4, 0.5) is 0 Å². The largest absolute Gasteiger partial charge is 0.254 e. The predicted octanol–water partition coefficient (Wildman–Crippen LogP) is 4.24. The second kappa shape index (κ2) is 4.39. The van der Waals surface area contributed by atoms with Crippen molar-refractivity contribution < 1.29 is 0 Å². The molecule has 0 aliphatic carbocycles. The van der Waals surface area contributed by atoms with Gasteiger partial charge in [0.15, 0.2) is 0 Å². The fourth-order valence-corrected chi connectivity index (χ4v) is 3.26. The van der Waals surface area contributed by atoms with Crippen LogP contribution in [0.3, 0.4) is 0 Å². The summed E-state index contributed by atoms with van der Waals surface area (Å²) in [7, 11) is 0. The third-order valence-corrected chi connectivity index (χ3v) is 4.27. The molecule has 2 nitrogen and oxygen atoms in total. The minimum absolute atomic E-state index is 0.942. The number of hydrogen-bond acceptors (Lipinski definition) is 4. The molecular formula is C13H10N2S2. The Bertz CT molecular complexity index is 626. The molecule has 0 saturated carbocycles. The van der Waals surface area contributed by atoms with Crippen LogP contribution in [0, 0.1) is 6.92 Å². The number of aryl methyl sites for hydroxylation is 1. The second-order valence-electron chi connectivity index (χ2n) is 3.66. The predicted molar refractivity (Wildman–Crippen MR) is 73.4 cm³/mol. The van der Waals surface area contributed by atoms with E-state index in [1.807, 2.05) is 18.2 Å². The van der Waals surface area contributed by atoms with Gasteiger partial charge in [-0.2, -0.15) is 0 Å². The molecule has 3 heterocycles. The Kier molecular flexibility index (Phi) is 2.74. The summed E-state index contributed by atoms with van der Waals surface area (Å²) < 4.78 is 0. The number of aromatic nitrogens is 2. The normalized spacial score (nSPS) is 10.6. The van der Waals surface area contributed by atoms with Gasteiger partial charge in [-0.05, 0) is 31.2 Å². The monoisotopic (exact) mass is 258 g/mol. The summed E-state index contributed by atoms with van der Waals surface area (Å²) in [5, 5.41) is 3.07. The average Bonchev–Trinajstić information content (AvgIpc) is 2.98. The Morgan fingerprint density at radius 3 is 2.71 bits per heavy atom. The molecule has 3 aromatic rings. The van der Waals surface area contributed by atoms with Gasteiger partial charge in [0, 0.05) is 16.5 Å². The molecule has 0 unspecified atom stereocenters. The van der Waals surface area contributed by atoms with Crippen LogP contribution in [-0.2, 0) is 0 Å². The number of nitrogens with zero attached hydrogens (tertiary/aromatic N) is 2. The minimum atomic E-state index is 0.942. The van der Waals surface area contributed by atoms with E-state index >= 15 is 0 Å². The zero-order valence-electron chi connectivity index (χ0n) is 9.25. The lowest BCUT2D eigenvalue weighted by Crippen LogP contribution is -1.80. The van der Waals surface area contributed by atoms with Crippen LogP contribution in [0.2, 0.25) is 0 Å². The molecule has 4 heteroatoms. The molecule has 0 aromatic carbocycles. The molecule has 0 aliphatic heterocycles. The standard InChI is InChI=1S/C13H10N2S2/c1-9-5-6-12(17-9)11-8-16-13(15-11)10-4-2-3-7-14-10/h2-8H,1H3. The van der Waals surface area contributed by atoms with Crippen molar-refractivity contribution in [1.82, 2.24) is 9.97 Å². The van der Waals surface area contributed by atoms with E-state index in [-0.39, 0.29) is 0 Å². The summed E-state index contributed by atoms with van der Waals surface area (Å²) in [6, 6.07) is 10.1. The van der Waals surface area contributed by atoms with Gasteiger partial charge in [-0.3, -0.25) is 4.98 Å². The first kappa shape index (κ1) is 10.6. The summed E-state index contributed by atoms with van der Waals surface area (Å²) in [5.41, 5.74) is 1.99. The SMILES string of the molecule is Cc1ccc(-c2csc(-c3ccccn3)n2)s1. The van der Waals surface area contributed by atoms with Crippen molar-refractivity contribution in [3.8, 4) is 21.3 Å². The minimum Gasteiger partial charge on any atom is -0.254 e. The highest BCUT2D eigenvalue weighted by Crippen LogP contribution is 2.31. The van der Waals surface area contributed by atoms with Crippen LogP contribution in [0.15, 0.2) is 41.9 Å². The molecule has 3 aromatic heterocycles. The summed E-state index contributed by atoms with van der Waals surface area (Å²) >= 11 is 3.41. The van der Waals surface area contributed by atoms with E-state index in [4.69, 9.17) is 0 Å². The van der Waals surface area contributed by atoms with Crippen LogP contribution >= 0.6 is 22.7 Å². The Hall–Kier alpha value is -1.52. The zero-order valence-corrected chi connectivity index (χ0v) is 10.9. The van der Waals surface area contributed by atoms with Gasteiger partial charge in [0.2, 0.25) is 0 Å². The summed E-state index contributed by atoms with van der Waals surface area (Å²) in [6.07, 6.45) is 1.80. The molecule has 0 fully saturated rings. The Morgan fingerprint density at radius 2 is 2.00 bits per heavy atom. The molecule has 0 aliphatic rings. The van der Waals surface area contributed by atoms with Gasteiger partial charge < -0.3 is 0 Å². The van der Waals surface area contributed by atoms with Crippen LogP contribution < -0.4 is 0 Å². The Labute approximate surface area is 108 Å². The van der Waals surface area contributed by atoms with Gasteiger partial charge in [-0.1, -0.05) is 6.07 Å². The van der Waals surface area contributed by atoms with Crippen LogP contribution in [0.1, 0.15) is 4.88 Å². The molecular weight excluding hydrogens is 248 g/mol. The van der Waals surface area contributed by atoms with Gasteiger partial charge in [-0.25, -0.2) is 4.98 Å². The summed E-state index contributed by atoms with van der Waals surface area (Å²) in [6.45, 7) is 2.11. The molecule has 17 heavy (non-hydrogen) atoms. The van der Waals surface area contributed by atoms with Crippen LogP contribution in [0.5, 0.6) is 0 Å². The van der Waals surface area contributed by atoms with Crippen molar-refractivity contribution >= 4 is 22.7 Å². The van der Waals surface area contributed by atoms with E-state index in [2.05, 4.69) is 34.4 Å². The molecule has 0 amide bonds. The van der Waals surface area contributed by atoms with Crippen molar-refractivity contribution in [2.24, 2.45) is 0 Å². The maximum atomic E-state index is 4.63. The Balaban J connectivity index is 1.99. The third-order valence-electron chi connectivity index (χ3n) is 2.38. The number of hydrogen-bond donors (Lipinski definition) is 0. The zero-order chi connectivity index (χ0) is 11.7. The van der Waals surface area contributed by atoms with Gasteiger partial charge >= 0.3 is 0 Å². The smallest absolute Gasteiger partial charge is 0.142 e. The van der Waals surface area contributed by atoms with Crippen LogP contribution in [0.25, 0.3) is 21.3 Å². The highest BCUT2D eigenvalue weighted by atomic mass is 32.1. The quantitative estimate of drug-likeness (QED) is 0.687. The maximum absolute atomic E-state index is 4.63. The lowest BCUT2D eigenvalue weighted by molar-refractivity contribution is 1.29. The number of thiazole rings is 1. The maximum Gasteiger partial charge on any atom is 0.142 e. The van der Waals surface area contributed by atoms with Crippen molar-refractivity contribution in [1.29, 1.82) is 0 Å². The Morgan fingerprint density at radius 1 is 1.06 bits per heavy atom. The molecule has 0 N–H and O–H groups in total. The van der Waals surface area contributed by atoms with Crippen molar-refractivity contribution in [2.45, 2.75) is 6.92 Å². The lowest BCUT2D eigenvalue weighted by atomic mass is 10.3. The highest BCUT2D eigenvalue weighted by molar-refractivity contribution is 7.16. The van der Waals surface area contributed by atoms with Gasteiger partial charge in [-0.15, -0.1) is 22.7 Å². The number of thiophene rings is 1. The fraction of sp³-hybridized carbons (Fsp3) is 0.0769. The molecule has 0 radical (unpaired) electrons. The van der Waals surface area contributed by atoms with Gasteiger partial charge in [0.05, 0.1) is 16.3 Å². The van der Waals surface area contributed by atoms with E-state index < -0.39 is 0 Å². The van der Waals surface area contributed by atoms with E-state index in [1.165, 1.54) is 9.75 Å². The van der Waals surface area contributed by atoms with Crippen LogP contribution in [-0.4, -0.2) is 9.97 Å². The average molecular weight is 258 g/mol. The van der Waals surface area contributed by atoms with Gasteiger partial charge in [0.25, 0.3) is 0 Å². The van der Waals surface area contributed by atoms with E-state index in [0.29, 0.717) is 0 Å². The van der Waals surface area contributed by atoms with Crippen molar-refractivity contribution in [2.75, 3.05) is 0 Å². The molecule has 0 spiro atoms. The lowest BCUT2D eigenvalue weighted by Gasteiger charge is -1.92.